The number of allylic oxidation sites excluding steroid dienone is 2. The normalized spacial score (nSPS) is 18.6. The lowest BCUT2D eigenvalue weighted by molar-refractivity contribution is 0.330. The molecule has 0 atom stereocenters. The summed E-state index contributed by atoms with van der Waals surface area (Å²) >= 11 is 5.96. The molecule has 30 heavy (non-hydrogen) atoms. The first-order valence-electron chi connectivity index (χ1n) is 11.2. The summed E-state index contributed by atoms with van der Waals surface area (Å²) in [5.41, 5.74) is 6.31. The molecule has 1 saturated carbocycles. The molecule has 0 aliphatic heterocycles. The van der Waals surface area contributed by atoms with E-state index in [1.54, 1.807) is 0 Å². The Hall–Kier alpha value is -2.19. The molecule has 0 aromatic heterocycles. The topological polar surface area (TPSA) is 24.1 Å². The molecule has 1 fully saturated rings. The van der Waals surface area contributed by atoms with Crippen molar-refractivity contribution in [3.05, 3.63) is 94.8 Å². The van der Waals surface area contributed by atoms with Gasteiger partial charge in [0.05, 0.1) is 0 Å². The summed E-state index contributed by atoms with van der Waals surface area (Å²) in [7, 11) is 0. The van der Waals surface area contributed by atoms with Gasteiger partial charge in [-0.2, -0.15) is 0 Å². The van der Waals surface area contributed by atoms with Crippen molar-refractivity contribution >= 4 is 11.6 Å². The van der Waals surface area contributed by atoms with Gasteiger partial charge in [-0.3, -0.25) is 0 Å². The van der Waals surface area contributed by atoms with Crippen LogP contribution in [0.25, 0.3) is 0 Å². The van der Waals surface area contributed by atoms with E-state index in [2.05, 4.69) is 67.1 Å². The quantitative estimate of drug-likeness (QED) is 0.443. The summed E-state index contributed by atoms with van der Waals surface area (Å²) in [5, 5.41) is 8.12. The summed E-state index contributed by atoms with van der Waals surface area (Å²) in [6.45, 7) is 10.6. The van der Waals surface area contributed by atoms with Gasteiger partial charge < -0.3 is 10.6 Å². The molecule has 2 aromatic carbocycles. The summed E-state index contributed by atoms with van der Waals surface area (Å²) in [5.74, 6) is 0. The molecule has 2 N–H and O–H groups in total. The molecule has 3 heteroatoms. The summed E-state index contributed by atoms with van der Waals surface area (Å²) < 4.78 is 0. The number of halogens is 1. The lowest BCUT2D eigenvalue weighted by Gasteiger charge is -2.32. The molecule has 1 aliphatic rings. The Bertz CT molecular complexity index is 743. The van der Waals surface area contributed by atoms with Gasteiger partial charge in [0.2, 0.25) is 0 Å². The monoisotopic (exact) mass is 422 g/mol. The lowest BCUT2D eigenvalue weighted by Crippen LogP contribution is -2.39. The maximum absolute atomic E-state index is 5.96. The van der Waals surface area contributed by atoms with Crippen molar-refractivity contribution in [1.82, 2.24) is 10.6 Å². The highest BCUT2D eigenvalue weighted by Crippen LogP contribution is 2.22. The van der Waals surface area contributed by atoms with Crippen molar-refractivity contribution in [3.8, 4) is 0 Å². The molecule has 0 unspecified atom stereocenters. The number of nitrogens with one attached hydrogen (secondary N) is 2. The van der Waals surface area contributed by atoms with Crippen LogP contribution in [0.3, 0.4) is 0 Å². The molecule has 160 valence electrons. The summed E-state index contributed by atoms with van der Waals surface area (Å²) in [4.78, 5) is 0. The van der Waals surface area contributed by atoms with Gasteiger partial charge in [0, 0.05) is 28.5 Å². The van der Waals surface area contributed by atoms with E-state index in [1.165, 1.54) is 48.1 Å². The highest BCUT2D eigenvalue weighted by Gasteiger charge is 2.21. The fourth-order valence-electron chi connectivity index (χ4n) is 4.10. The van der Waals surface area contributed by atoms with E-state index >= 15 is 0 Å². The van der Waals surface area contributed by atoms with E-state index in [-0.39, 0.29) is 0 Å². The molecule has 2 nitrogen and oxygen atoms in total. The van der Waals surface area contributed by atoms with E-state index in [4.69, 9.17) is 11.6 Å². The average molecular weight is 423 g/mol. The average Bonchev–Trinajstić information content (AvgIpc) is 2.74. The molecule has 2 aromatic rings. The third-order valence-corrected chi connectivity index (χ3v) is 6.26. The van der Waals surface area contributed by atoms with Crippen LogP contribution in [0.15, 0.2) is 73.1 Å². The highest BCUT2D eigenvalue weighted by atomic mass is 35.5. The van der Waals surface area contributed by atoms with E-state index in [1.807, 2.05) is 12.1 Å². The van der Waals surface area contributed by atoms with Gasteiger partial charge in [0.15, 0.2) is 0 Å². The molecule has 0 amide bonds. The minimum atomic E-state index is 0.543. The van der Waals surface area contributed by atoms with E-state index in [0.717, 1.165) is 36.4 Å². The fraction of sp³-hybridized carbons (Fsp3) is 0.407. The lowest BCUT2D eigenvalue weighted by atomic mass is 9.90. The van der Waals surface area contributed by atoms with Crippen LogP contribution < -0.4 is 10.6 Å². The second-order valence-corrected chi connectivity index (χ2v) is 9.09. The second kappa shape index (κ2) is 11.3. The van der Waals surface area contributed by atoms with E-state index < -0.39 is 0 Å². The number of hydrogen-bond acceptors (Lipinski definition) is 2. The van der Waals surface area contributed by atoms with Crippen LogP contribution in [0.5, 0.6) is 0 Å². The molecule has 0 spiro atoms. The van der Waals surface area contributed by atoms with Crippen LogP contribution in [0.2, 0.25) is 5.02 Å². The van der Waals surface area contributed by atoms with Crippen molar-refractivity contribution in [2.24, 2.45) is 0 Å². The van der Waals surface area contributed by atoms with Gasteiger partial charge in [-0.1, -0.05) is 66.7 Å². The van der Waals surface area contributed by atoms with Gasteiger partial charge in [-0.15, -0.1) is 0 Å². The van der Waals surface area contributed by atoms with Gasteiger partial charge in [0.1, 0.15) is 0 Å². The predicted octanol–water partition coefficient (Wildman–Crippen LogP) is 6.73. The van der Waals surface area contributed by atoms with Gasteiger partial charge >= 0.3 is 0 Å². The van der Waals surface area contributed by atoms with Crippen LogP contribution >= 0.6 is 11.6 Å². The first-order valence-corrected chi connectivity index (χ1v) is 11.5. The van der Waals surface area contributed by atoms with Crippen molar-refractivity contribution < 1.29 is 0 Å². The van der Waals surface area contributed by atoms with Crippen LogP contribution in [-0.4, -0.2) is 12.1 Å². The Balaban J connectivity index is 1.31. The van der Waals surface area contributed by atoms with E-state index in [9.17, 15) is 0 Å². The smallest absolute Gasteiger partial charge is 0.0406 e. The number of benzene rings is 2. The number of aryl methyl sites for hydroxylation is 3. The number of rotatable bonds is 10. The predicted molar refractivity (Wildman–Crippen MR) is 130 cm³/mol. The van der Waals surface area contributed by atoms with Crippen molar-refractivity contribution in [3.63, 3.8) is 0 Å². The van der Waals surface area contributed by atoms with Gasteiger partial charge in [-0.05, 0) is 81.5 Å². The minimum absolute atomic E-state index is 0.543. The minimum Gasteiger partial charge on any atom is -0.386 e. The largest absolute Gasteiger partial charge is 0.386 e. The van der Waals surface area contributed by atoms with Crippen molar-refractivity contribution in [2.45, 2.75) is 70.4 Å². The Morgan fingerprint density at radius 3 is 1.60 bits per heavy atom. The molecule has 0 saturated heterocycles. The van der Waals surface area contributed by atoms with Crippen LogP contribution in [0.1, 0.15) is 55.2 Å². The van der Waals surface area contributed by atoms with Gasteiger partial charge in [-0.25, -0.2) is 0 Å². The zero-order valence-corrected chi connectivity index (χ0v) is 19.0. The maximum atomic E-state index is 5.96. The molecular weight excluding hydrogens is 388 g/mol. The van der Waals surface area contributed by atoms with Crippen molar-refractivity contribution in [2.75, 3.05) is 0 Å². The Morgan fingerprint density at radius 1 is 0.767 bits per heavy atom. The maximum Gasteiger partial charge on any atom is 0.0406 e. The van der Waals surface area contributed by atoms with Crippen LogP contribution in [0.4, 0.5) is 0 Å². The molecule has 0 radical (unpaired) electrons. The Kier molecular flexibility index (Phi) is 8.45. The third kappa shape index (κ3) is 7.57. The Morgan fingerprint density at radius 2 is 1.17 bits per heavy atom. The summed E-state index contributed by atoms with van der Waals surface area (Å²) in [6.07, 6.45) is 8.76. The molecular formula is C27H35ClN2. The molecule has 0 bridgehead atoms. The molecule has 0 heterocycles. The van der Waals surface area contributed by atoms with Crippen molar-refractivity contribution in [1.29, 1.82) is 0 Å². The highest BCUT2D eigenvalue weighted by molar-refractivity contribution is 6.30. The first kappa shape index (κ1) is 22.5. The zero-order chi connectivity index (χ0) is 21.3. The zero-order valence-electron chi connectivity index (χ0n) is 18.2. The molecule has 3 rings (SSSR count). The Labute approximate surface area is 187 Å². The first-order chi connectivity index (χ1) is 14.5. The van der Waals surface area contributed by atoms with Crippen LogP contribution in [-0.2, 0) is 12.8 Å². The summed E-state index contributed by atoms with van der Waals surface area (Å²) in [6, 6.07) is 18.0. The number of hydrogen-bond donors (Lipinski definition) is 2. The van der Waals surface area contributed by atoms with Gasteiger partial charge in [0.25, 0.3) is 0 Å². The second-order valence-electron chi connectivity index (χ2n) is 8.66. The van der Waals surface area contributed by atoms with E-state index in [0.29, 0.717) is 12.1 Å². The fourth-order valence-corrected chi connectivity index (χ4v) is 4.23. The molecule has 1 aliphatic carbocycles. The SMILES string of the molecule is C=C(CCc1ccc(C)cc1)NC1CCC(NC(=C)CCc2ccc(Cl)cc2)CC1. The van der Waals surface area contributed by atoms with Crippen LogP contribution in [0, 0.1) is 6.92 Å². The standard InChI is InChI=1S/C27H35ClN2/c1-20-4-8-23(9-5-20)10-6-21(2)29-26-16-18-27(19-17-26)30-22(3)7-11-24-12-14-25(28)15-13-24/h4-5,8-9,12-15,26-27,29-30H,2-3,6-7,10-11,16-19H2,1H3. The third-order valence-electron chi connectivity index (χ3n) is 6.01.